The topological polar surface area (TPSA) is 125 Å². The number of aliphatic carboxylic acids is 2. The van der Waals surface area contributed by atoms with Gasteiger partial charge in [-0.25, -0.2) is 9.59 Å². The molecule has 0 fully saturated rings. The summed E-state index contributed by atoms with van der Waals surface area (Å²) < 4.78 is 0. The van der Waals surface area contributed by atoms with Gasteiger partial charge < -0.3 is 15.1 Å². The SMILES string of the molecule is Cc1ccc(/C(=C/c2ccc(N(c3ccc(/C=C(\c4ccccc4)c4ccc(/C=C(\C#N)C(=O)O)s4)cc3)c3ccc(/C=C(\c4ccccc4)c4ccc(/C=C(\C#N)C(=O)O)s4)cc3)cc2)c2ccccc2)cc1C. The number of nitrogens with zero attached hydrogens (tertiary/aromatic N) is 3. The molecule has 0 aliphatic rings. The molecule has 0 saturated heterocycles. The van der Waals surface area contributed by atoms with Gasteiger partial charge in [-0.2, -0.15) is 10.5 Å². The van der Waals surface area contributed by atoms with E-state index in [2.05, 4.69) is 152 Å². The number of thiophene rings is 2. The fraction of sp³-hybridized carbons (Fsp3) is 0.0303. The Labute approximate surface area is 444 Å². The van der Waals surface area contributed by atoms with Crippen molar-refractivity contribution in [3.8, 4) is 12.1 Å². The van der Waals surface area contributed by atoms with Crippen LogP contribution >= 0.6 is 22.7 Å². The predicted molar refractivity (Wildman–Crippen MR) is 308 cm³/mol. The fourth-order valence-corrected chi connectivity index (χ4v) is 10.5. The minimum Gasteiger partial charge on any atom is -0.477 e. The summed E-state index contributed by atoms with van der Waals surface area (Å²) in [4.78, 5) is 28.7. The van der Waals surface area contributed by atoms with E-state index in [4.69, 9.17) is 0 Å². The zero-order valence-electron chi connectivity index (χ0n) is 40.9. The summed E-state index contributed by atoms with van der Waals surface area (Å²) >= 11 is 2.84. The van der Waals surface area contributed by atoms with Crippen LogP contribution in [0.3, 0.4) is 0 Å². The molecule has 0 aliphatic carbocycles. The molecule has 0 amide bonds. The summed E-state index contributed by atoms with van der Waals surface area (Å²) in [6.45, 7) is 4.28. The number of anilines is 3. The van der Waals surface area contributed by atoms with E-state index >= 15 is 0 Å². The van der Waals surface area contributed by atoms with E-state index in [0.29, 0.717) is 9.75 Å². The average molecular weight is 1010 g/mol. The van der Waals surface area contributed by atoms with Crippen molar-refractivity contribution in [1.82, 2.24) is 0 Å². The lowest BCUT2D eigenvalue weighted by atomic mass is 9.93. The van der Waals surface area contributed by atoms with Crippen molar-refractivity contribution in [3.05, 3.63) is 287 Å². The summed E-state index contributed by atoms with van der Waals surface area (Å²) in [5, 5.41) is 37.8. The van der Waals surface area contributed by atoms with Gasteiger partial charge in [0.05, 0.1) is 0 Å². The third-order valence-corrected chi connectivity index (χ3v) is 14.6. The summed E-state index contributed by atoms with van der Waals surface area (Å²) in [5.41, 5.74) is 14.9. The molecule has 0 bridgehead atoms. The van der Waals surface area contributed by atoms with Gasteiger partial charge in [-0.15, -0.1) is 22.7 Å². The van der Waals surface area contributed by atoms with Crippen LogP contribution in [0.5, 0.6) is 0 Å². The molecule has 2 heterocycles. The van der Waals surface area contributed by atoms with Gasteiger partial charge in [0.25, 0.3) is 0 Å². The minimum absolute atomic E-state index is 0.324. The molecule has 2 N–H and O–H groups in total. The summed E-state index contributed by atoms with van der Waals surface area (Å²) in [7, 11) is 0. The number of carboxylic acids is 2. The molecule has 362 valence electrons. The molecule has 0 radical (unpaired) electrons. The standard InChI is InChI=1S/C66H47N3O4S2/c1-44-18-25-52(36-45(44)2)60(49-12-6-3-7-13-49)37-46-19-26-55(27-20-46)69(56-28-21-47(22-29-56)38-61(50-14-8-4-9-15-50)63-34-32-58(74-63)40-53(42-67)65(70)71)57-30-23-48(24-31-57)39-62(51-16-10-5-11-17-51)64-35-33-59(75-64)41-54(43-68)66(72)73/h3-41H,1-2H3,(H,70,71)(H,72,73)/b53-40+,54-41+,60-37+,61-38+,62-39+. The number of carbonyl (C=O) groups is 2. The Balaban J connectivity index is 1.11. The van der Waals surface area contributed by atoms with E-state index in [0.717, 1.165) is 82.5 Å². The highest BCUT2D eigenvalue weighted by molar-refractivity contribution is 7.14. The molecule has 0 saturated carbocycles. The lowest BCUT2D eigenvalue weighted by molar-refractivity contribution is -0.133. The van der Waals surface area contributed by atoms with Gasteiger partial charge in [-0.1, -0.05) is 146 Å². The average Bonchev–Trinajstić information content (AvgIpc) is 4.12. The van der Waals surface area contributed by atoms with E-state index in [1.165, 1.54) is 46.0 Å². The third kappa shape index (κ3) is 12.2. The van der Waals surface area contributed by atoms with Gasteiger partial charge >= 0.3 is 11.9 Å². The number of nitriles is 2. The largest absolute Gasteiger partial charge is 0.477 e. The lowest BCUT2D eigenvalue weighted by Crippen LogP contribution is -2.09. The quantitative estimate of drug-likeness (QED) is 0.0561. The van der Waals surface area contributed by atoms with Crippen LogP contribution in [0.15, 0.2) is 217 Å². The van der Waals surface area contributed by atoms with Crippen LogP contribution in [0.2, 0.25) is 0 Å². The molecule has 0 aliphatic heterocycles. The summed E-state index contributed by atoms with van der Waals surface area (Å²) in [6, 6.07) is 73.7. The Bertz CT molecular complexity index is 3600. The van der Waals surface area contributed by atoms with Crippen molar-refractivity contribution < 1.29 is 19.8 Å². The maximum atomic E-state index is 11.6. The molecular weight excluding hydrogens is 963 g/mol. The smallest absolute Gasteiger partial charge is 0.346 e. The summed E-state index contributed by atoms with van der Waals surface area (Å²) in [5.74, 6) is -2.53. The van der Waals surface area contributed by atoms with Crippen LogP contribution < -0.4 is 4.90 Å². The van der Waals surface area contributed by atoms with E-state index in [9.17, 15) is 30.3 Å². The Hall–Kier alpha value is -9.64. The number of rotatable bonds is 16. The highest BCUT2D eigenvalue weighted by Gasteiger charge is 2.17. The summed E-state index contributed by atoms with van der Waals surface area (Å²) in [6.07, 6.45) is 9.30. The van der Waals surface area contributed by atoms with Crippen LogP contribution in [-0.4, -0.2) is 22.2 Å². The zero-order valence-corrected chi connectivity index (χ0v) is 42.5. The van der Waals surface area contributed by atoms with Crippen LogP contribution in [0, 0.1) is 36.5 Å². The maximum absolute atomic E-state index is 11.6. The number of aryl methyl sites for hydroxylation is 2. The number of hydrogen-bond donors (Lipinski definition) is 2. The van der Waals surface area contributed by atoms with Gasteiger partial charge in [0.15, 0.2) is 0 Å². The second kappa shape index (κ2) is 23.3. The third-order valence-electron chi connectivity index (χ3n) is 12.5. The number of hydrogen-bond acceptors (Lipinski definition) is 7. The van der Waals surface area contributed by atoms with Crippen molar-refractivity contribution in [2.45, 2.75) is 13.8 Å². The van der Waals surface area contributed by atoms with E-state index in [-0.39, 0.29) is 11.1 Å². The Morgan fingerprint density at radius 2 is 0.773 bits per heavy atom. The van der Waals surface area contributed by atoms with Gasteiger partial charge in [0.1, 0.15) is 23.3 Å². The lowest BCUT2D eigenvalue weighted by Gasteiger charge is -2.26. The molecule has 0 atom stereocenters. The molecule has 9 heteroatoms. The highest BCUT2D eigenvalue weighted by Crippen LogP contribution is 2.39. The second-order valence-corrected chi connectivity index (χ2v) is 19.8. The first kappa shape index (κ1) is 50.3. The molecule has 9 aromatic rings. The van der Waals surface area contributed by atoms with Gasteiger partial charge in [0.2, 0.25) is 0 Å². The molecule has 0 spiro atoms. The highest BCUT2D eigenvalue weighted by atomic mass is 32.1. The van der Waals surface area contributed by atoms with Crippen LogP contribution in [-0.2, 0) is 9.59 Å². The van der Waals surface area contributed by atoms with Crippen molar-refractivity contribution in [2.75, 3.05) is 4.90 Å². The molecule has 2 aromatic heterocycles. The predicted octanol–water partition coefficient (Wildman–Crippen LogP) is 16.6. The van der Waals surface area contributed by atoms with E-state index < -0.39 is 11.9 Å². The van der Waals surface area contributed by atoms with Crippen LogP contribution in [0.4, 0.5) is 17.1 Å². The van der Waals surface area contributed by atoms with Crippen molar-refractivity contribution in [1.29, 1.82) is 10.5 Å². The molecular formula is C66H47N3O4S2. The normalized spacial score (nSPS) is 12.2. The molecule has 0 unspecified atom stereocenters. The Morgan fingerprint density at radius 1 is 0.413 bits per heavy atom. The molecule has 9 rings (SSSR count). The first-order valence-corrected chi connectivity index (χ1v) is 25.6. The van der Waals surface area contributed by atoms with Gasteiger partial charge in [-0.3, -0.25) is 0 Å². The fourth-order valence-electron chi connectivity index (χ4n) is 8.51. The first-order valence-electron chi connectivity index (χ1n) is 23.9. The number of carboxylic acid groups (broad SMARTS) is 2. The van der Waals surface area contributed by atoms with Crippen LogP contribution in [0.1, 0.15) is 69.6 Å². The van der Waals surface area contributed by atoms with Gasteiger partial charge in [-0.05, 0) is 172 Å². The monoisotopic (exact) mass is 1010 g/mol. The Kier molecular flexibility index (Phi) is 15.6. The van der Waals surface area contributed by atoms with Crippen LogP contribution in [0.25, 0.3) is 47.1 Å². The minimum atomic E-state index is -1.26. The molecule has 7 aromatic carbocycles. The zero-order chi connectivity index (χ0) is 52.3. The molecule has 7 nitrogen and oxygen atoms in total. The number of benzene rings is 7. The molecule has 75 heavy (non-hydrogen) atoms. The van der Waals surface area contributed by atoms with Crippen molar-refractivity contribution in [3.63, 3.8) is 0 Å². The van der Waals surface area contributed by atoms with E-state index in [1.807, 2.05) is 91.0 Å². The van der Waals surface area contributed by atoms with Crippen molar-refractivity contribution >= 4 is 98.8 Å². The maximum Gasteiger partial charge on any atom is 0.346 e. The van der Waals surface area contributed by atoms with Crippen molar-refractivity contribution in [2.24, 2.45) is 0 Å². The first-order chi connectivity index (χ1) is 36.5. The second-order valence-electron chi connectivity index (χ2n) is 17.5. The van der Waals surface area contributed by atoms with Gasteiger partial charge in [0, 0.05) is 36.6 Å². The van der Waals surface area contributed by atoms with E-state index in [1.54, 1.807) is 12.1 Å². The Morgan fingerprint density at radius 3 is 1.12 bits per heavy atom.